The van der Waals surface area contributed by atoms with E-state index in [1.54, 1.807) is 24.3 Å². The van der Waals surface area contributed by atoms with E-state index in [0.717, 1.165) is 31.6 Å². The quantitative estimate of drug-likeness (QED) is 0.817. The molecule has 0 bridgehead atoms. The van der Waals surface area contributed by atoms with E-state index in [9.17, 15) is 4.79 Å². The number of rotatable bonds is 6. The lowest BCUT2D eigenvalue weighted by Crippen LogP contribution is -2.24. The van der Waals surface area contributed by atoms with Crippen LogP contribution in [-0.4, -0.2) is 32.7 Å². The minimum absolute atomic E-state index is 0.186. The van der Waals surface area contributed by atoms with Crippen molar-refractivity contribution < 1.29 is 14.3 Å². The van der Waals surface area contributed by atoms with Gasteiger partial charge in [0.25, 0.3) is 5.91 Å². The molecule has 2 aromatic carbocycles. The molecule has 0 spiro atoms. The molecule has 1 heterocycles. The number of carbonyl (C=O) groups excluding carboxylic acids is 1. The molecule has 0 saturated carbocycles. The van der Waals surface area contributed by atoms with Crippen molar-refractivity contribution in [2.24, 2.45) is 0 Å². The summed E-state index contributed by atoms with van der Waals surface area (Å²) in [5.41, 5.74) is 2.09. The van der Waals surface area contributed by atoms with Gasteiger partial charge in [-0.3, -0.25) is 4.79 Å². The number of benzene rings is 2. The fourth-order valence-electron chi connectivity index (χ4n) is 3.03. The fraction of sp³-hybridized carbons (Fsp3) is 0.300. The third-order valence-electron chi connectivity index (χ3n) is 4.33. The van der Waals surface area contributed by atoms with Gasteiger partial charge in [0.1, 0.15) is 0 Å². The number of anilines is 2. The molecule has 140 valence electrons. The van der Waals surface area contributed by atoms with E-state index in [2.05, 4.69) is 10.2 Å². The lowest BCUT2D eigenvalue weighted by molar-refractivity contribution is -0.118. The molecule has 1 fully saturated rings. The normalized spacial score (nSPS) is 13.1. The molecular weight excluding hydrogens is 366 g/mol. The van der Waals surface area contributed by atoms with Gasteiger partial charge in [-0.2, -0.15) is 5.26 Å². The van der Waals surface area contributed by atoms with Gasteiger partial charge in [-0.15, -0.1) is 0 Å². The van der Waals surface area contributed by atoms with E-state index < -0.39 is 0 Å². The maximum Gasteiger partial charge on any atom is 0.262 e. The highest BCUT2D eigenvalue weighted by Gasteiger charge is 2.18. The third kappa shape index (κ3) is 4.63. The van der Waals surface area contributed by atoms with Crippen LogP contribution in [0.2, 0.25) is 5.02 Å². The number of halogens is 1. The highest BCUT2D eigenvalue weighted by Crippen LogP contribution is 2.32. The van der Waals surface area contributed by atoms with Gasteiger partial charge < -0.3 is 19.7 Å². The number of amides is 1. The van der Waals surface area contributed by atoms with Crippen LogP contribution in [0.1, 0.15) is 18.4 Å². The summed E-state index contributed by atoms with van der Waals surface area (Å²) < 4.78 is 10.8. The van der Waals surface area contributed by atoms with Crippen molar-refractivity contribution in [1.82, 2.24) is 0 Å². The average molecular weight is 386 g/mol. The van der Waals surface area contributed by atoms with Gasteiger partial charge in [0.05, 0.1) is 30.1 Å². The Bertz CT molecular complexity index is 873. The number of hydrogen-bond donors (Lipinski definition) is 1. The second-order valence-electron chi connectivity index (χ2n) is 6.17. The van der Waals surface area contributed by atoms with E-state index in [1.807, 2.05) is 18.2 Å². The van der Waals surface area contributed by atoms with E-state index in [0.29, 0.717) is 27.8 Å². The first-order valence-electron chi connectivity index (χ1n) is 8.66. The number of hydrogen-bond acceptors (Lipinski definition) is 5. The standard InChI is InChI=1S/C20H20ClN3O3/c1-26-19-10-14(12-22)4-7-18(19)27-13-20(25)23-16-11-15(21)5-6-17(16)24-8-2-3-9-24/h4-7,10-11H,2-3,8-9,13H2,1H3,(H,23,25). The van der Waals surface area contributed by atoms with Crippen LogP contribution in [0.25, 0.3) is 0 Å². The lowest BCUT2D eigenvalue weighted by Gasteiger charge is -2.22. The first-order valence-corrected chi connectivity index (χ1v) is 9.04. The fourth-order valence-corrected chi connectivity index (χ4v) is 3.20. The molecule has 2 aromatic rings. The van der Waals surface area contributed by atoms with Crippen LogP contribution in [-0.2, 0) is 4.79 Å². The maximum atomic E-state index is 12.4. The second-order valence-corrected chi connectivity index (χ2v) is 6.61. The Labute approximate surface area is 163 Å². The monoisotopic (exact) mass is 385 g/mol. The highest BCUT2D eigenvalue weighted by atomic mass is 35.5. The summed E-state index contributed by atoms with van der Waals surface area (Å²) in [4.78, 5) is 14.6. The van der Waals surface area contributed by atoms with Crippen molar-refractivity contribution in [3.05, 3.63) is 47.0 Å². The van der Waals surface area contributed by atoms with Gasteiger partial charge in [0.15, 0.2) is 18.1 Å². The first kappa shape index (κ1) is 18.9. The summed E-state index contributed by atoms with van der Waals surface area (Å²) in [6, 6.07) is 12.3. The van der Waals surface area contributed by atoms with Gasteiger partial charge in [0, 0.05) is 24.2 Å². The van der Waals surface area contributed by atoms with Crippen LogP contribution in [0.5, 0.6) is 11.5 Å². The summed E-state index contributed by atoms with van der Waals surface area (Å²) >= 11 is 6.10. The van der Waals surface area contributed by atoms with E-state index in [4.69, 9.17) is 26.3 Å². The zero-order chi connectivity index (χ0) is 19.2. The topological polar surface area (TPSA) is 74.6 Å². The molecule has 1 amide bonds. The third-order valence-corrected chi connectivity index (χ3v) is 4.57. The Balaban J connectivity index is 1.68. The Morgan fingerprint density at radius 2 is 2.00 bits per heavy atom. The highest BCUT2D eigenvalue weighted by molar-refractivity contribution is 6.31. The molecule has 1 aliphatic heterocycles. The number of nitrogens with one attached hydrogen (secondary N) is 1. The SMILES string of the molecule is COc1cc(C#N)ccc1OCC(=O)Nc1cc(Cl)ccc1N1CCCC1. The van der Waals surface area contributed by atoms with Crippen LogP contribution >= 0.6 is 11.6 Å². The molecule has 1 aliphatic rings. The molecule has 27 heavy (non-hydrogen) atoms. The first-order chi connectivity index (χ1) is 13.1. The van der Waals surface area contributed by atoms with Crippen molar-refractivity contribution >= 4 is 28.9 Å². The number of ether oxygens (including phenoxy) is 2. The summed E-state index contributed by atoms with van der Waals surface area (Å²) in [5.74, 6) is 0.504. The Morgan fingerprint density at radius 1 is 1.22 bits per heavy atom. The molecule has 1 saturated heterocycles. The summed E-state index contributed by atoms with van der Waals surface area (Å²) in [5, 5.41) is 12.4. The Kier molecular flexibility index (Phi) is 6.05. The maximum absolute atomic E-state index is 12.4. The number of carbonyl (C=O) groups is 1. The molecule has 0 radical (unpaired) electrons. The second kappa shape index (κ2) is 8.65. The van der Waals surface area contributed by atoms with Crippen molar-refractivity contribution in [1.29, 1.82) is 5.26 Å². The zero-order valence-electron chi connectivity index (χ0n) is 15.0. The smallest absolute Gasteiger partial charge is 0.262 e. The number of methoxy groups -OCH3 is 1. The van der Waals surface area contributed by atoms with Gasteiger partial charge >= 0.3 is 0 Å². The van der Waals surface area contributed by atoms with Crippen LogP contribution < -0.4 is 19.7 Å². The minimum atomic E-state index is -0.302. The average Bonchev–Trinajstić information content (AvgIpc) is 3.20. The predicted octanol–water partition coefficient (Wildman–Crippen LogP) is 3.84. The summed E-state index contributed by atoms with van der Waals surface area (Å²) in [7, 11) is 1.48. The van der Waals surface area contributed by atoms with Crippen molar-refractivity contribution in [2.45, 2.75) is 12.8 Å². The molecule has 7 heteroatoms. The Hall–Kier alpha value is -2.91. The molecule has 3 rings (SSSR count). The molecule has 6 nitrogen and oxygen atoms in total. The van der Waals surface area contributed by atoms with E-state index in [1.165, 1.54) is 7.11 Å². The number of nitrogens with zero attached hydrogens (tertiary/aromatic N) is 2. The van der Waals surface area contributed by atoms with E-state index >= 15 is 0 Å². The van der Waals surface area contributed by atoms with Crippen molar-refractivity contribution in [3.63, 3.8) is 0 Å². The predicted molar refractivity (Wildman–Crippen MR) is 105 cm³/mol. The molecule has 0 atom stereocenters. The van der Waals surface area contributed by atoms with Gasteiger partial charge in [-0.05, 0) is 43.2 Å². The van der Waals surface area contributed by atoms with Crippen molar-refractivity contribution in [2.75, 3.05) is 37.0 Å². The lowest BCUT2D eigenvalue weighted by atomic mass is 10.2. The molecular formula is C20H20ClN3O3. The van der Waals surface area contributed by atoms with Gasteiger partial charge in [-0.1, -0.05) is 11.6 Å². The van der Waals surface area contributed by atoms with Crippen LogP contribution in [0.15, 0.2) is 36.4 Å². The molecule has 0 aromatic heterocycles. The summed E-state index contributed by atoms with van der Waals surface area (Å²) in [6.07, 6.45) is 2.27. The molecule has 1 N–H and O–H groups in total. The minimum Gasteiger partial charge on any atom is -0.493 e. The van der Waals surface area contributed by atoms with Gasteiger partial charge in [-0.25, -0.2) is 0 Å². The zero-order valence-corrected chi connectivity index (χ0v) is 15.8. The largest absolute Gasteiger partial charge is 0.493 e. The van der Waals surface area contributed by atoms with Gasteiger partial charge in [0.2, 0.25) is 0 Å². The van der Waals surface area contributed by atoms with Crippen molar-refractivity contribution in [3.8, 4) is 17.6 Å². The van der Waals surface area contributed by atoms with Crippen LogP contribution in [0, 0.1) is 11.3 Å². The van der Waals surface area contributed by atoms with E-state index in [-0.39, 0.29) is 12.5 Å². The molecule has 0 unspecified atom stereocenters. The van der Waals surface area contributed by atoms with Crippen LogP contribution in [0.3, 0.4) is 0 Å². The molecule has 0 aliphatic carbocycles. The van der Waals surface area contributed by atoms with Crippen LogP contribution in [0.4, 0.5) is 11.4 Å². The number of nitriles is 1. The Morgan fingerprint density at radius 3 is 2.70 bits per heavy atom. The summed E-state index contributed by atoms with van der Waals surface area (Å²) in [6.45, 7) is 1.74.